The highest BCUT2D eigenvalue weighted by atomic mass is 32.1. The van der Waals surface area contributed by atoms with E-state index in [1.54, 1.807) is 11.4 Å². The highest BCUT2D eigenvalue weighted by Gasteiger charge is 2.15. The van der Waals surface area contributed by atoms with E-state index in [-0.39, 0.29) is 0 Å². The Morgan fingerprint density at radius 3 is 2.79 bits per heavy atom. The highest BCUT2D eigenvalue weighted by Crippen LogP contribution is 2.24. The summed E-state index contributed by atoms with van der Waals surface area (Å²) >= 11 is 1.24. The van der Waals surface area contributed by atoms with Crippen LogP contribution in [0.4, 0.5) is 0 Å². The van der Waals surface area contributed by atoms with Crippen LogP contribution in [0.3, 0.4) is 0 Å². The summed E-state index contributed by atoms with van der Waals surface area (Å²) in [7, 11) is 0. The van der Waals surface area contributed by atoms with Gasteiger partial charge in [0.25, 0.3) is 11.8 Å². The van der Waals surface area contributed by atoms with E-state index >= 15 is 0 Å². The molecular weight excluding hydrogens is 268 g/mol. The van der Waals surface area contributed by atoms with Gasteiger partial charge in [-0.2, -0.15) is 0 Å². The molecular formula is C12H12N2O4S. The number of ether oxygens (including phenoxy) is 1. The number of carbonyl (C=O) groups excluding carboxylic acids is 2. The predicted molar refractivity (Wildman–Crippen MR) is 69.1 cm³/mol. The largest absolute Gasteiger partial charge is 0.492 e. The van der Waals surface area contributed by atoms with E-state index in [1.165, 1.54) is 29.9 Å². The van der Waals surface area contributed by atoms with Gasteiger partial charge in [-0.1, -0.05) is 0 Å². The Morgan fingerprint density at radius 1 is 1.32 bits per heavy atom. The monoisotopic (exact) mass is 280 g/mol. The van der Waals surface area contributed by atoms with E-state index in [0.717, 1.165) is 0 Å². The summed E-state index contributed by atoms with van der Waals surface area (Å²) in [6, 6.07) is 3.21. The number of furan rings is 1. The normalized spacial score (nSPS) is 9.95. The second kappa shape index (κ2) is 6.05. The van der Waals surface area contributed by atoms with Crippen LogP contribution >= 0.6 is 11.3 Å². The van der Waals surface area contributed by atoms with Gasteiger partial charge in [0.05, 0.1) is 18.4 Å². The van der Waals surface area contributed by atoms with Crippen molar-refractivity contribution < 1.29 is 18.7 Å². The van der Waals surface area contributed by atoms with Gasteiger partial charge >= 0.3 is 0 Å². The molecule has 0 atom stereocenters. The topological polar surface area (TPSA) is 80.6 Å². The van der Waals surface area contributed by atoms with Gasteiger partial charge in [0.1, 0.15) is 16.9 Å². The first-order valence-electron chi connectivity index (χ1n) is 5.55. The molecule has 0 fully saturated rings. The van der Waals surface area contributed by atoms with Crippen LogP contribution in [0, 0.1) is 0 Å². The number of hydrogen-bond donors (Lipinski definition) is 2. The maximum Gasteiger partial charge on any atom is 0.283 e. The number of hydrogen-bond acceptors (Lipinski definition) is 5. The molecule has 0 aliphatic carbocycles. The lowest BCUT2D eigenvalue weighted by Crippen LogP contribution is -2.41. The van der Waals surface area contributed by atoms with E-state index in [0.29, 0.717) is 22.8 Å². The predicted octanol–water partition coefficient (Wildman–Crippen LogP) is 1.81. The fourth-order valence-corrected chi connectivity index (χ4v) is 2.10. The molecule has 0 aliphatic rings. The summed E-state index contributed by atoms with van der Waals surface area (Å²) in [5.74, 6) is -0.366. The molecule has 2 aromatic heterocycles. The molecule has 2 amide bonds. The van der Waals surface area contributed by atoms with Crippen LogP contribution in [0.15, 0.2) is 34.5 Å². The second-order valence-corrected chi connectivity index (χ2v) is 4.38. The van der Waals surface area contributed by atoms with Crippen LogP contribution < -0.4 is 15.6 Å². The van der Waals surface area contributed by atoms with Crippen LogP contribution in [-0.4, -0.2) is 18.4 Å². The number of nitrogens with one attached hydrogen (secondary N) is 2. The smallest absolute Gasteiger partial charge is 0.283 e. The van der Waals surface area contributed by atoms with E-state index in [2.05, 4.69) is 10.9 Å². The molecule has 2 heterocycles. The zero-order chi connectivity index (χ0) is 13.7. The minimum Gasteiger partial charge on any atom is -0.492 e. The first-order valence-corrected chi connectivity index (χ1v) is 6.43. The summed E-state index contributed by atoms with van der Waals surface area (Å²) in [4.78, 5) is 23.8. The van der Waals surface area contributed by atoms with Crippen molar-refractivity contribution in [2.24, 2.45) is 0 Å². The van der Waals surface area contributed by atoms with E-state index in [4.69, 9.17) is 9.15 Å². The number of carbonyl (C=O) groups is 2. The Morgan fingerprint density at radius 2 is 2.11 bits per heavy atom. The van der Waals surface area contributed by atoms with Gasteiger partial charge in [0.15, 0.2) is 0 Å². The highest BCUT2D eigenvalue weighted by molar-refractivity contribution is 7.12. The van der Waals surface area contributed by atoms with Crippen LogP contribution in [-0.2, 0) is 0 Å². The zero-order valence-corrected chi connectivity index (χ0v) is 11.0. The van der Waals surface area contributed by atoms with Crippen molar-refractivity contribution in [2.45, 2.75) is 6.92 Å². The number of amides is 2. The van der Waals surface area contributed by atoms with Gasteiger partial charge in [-0.15, -0.1) is 11.3 Å². The van der Waals surface area contributed by atoms with E-state index in [1.807, 2.05) is 6.92 Å². The molecule has 100 valence electrons. The summed E-state index contributed by atoms with van der Waals surface area (Å²) in [5.41, 5.74) is 4.95. The standard InChI is InChI=1S/C12H12N2O4S/c1-2-18-9-4-6-19-10(9)12(16)14-13-11(15)8-3-5-17-7-8/h3-7H,2H2,1H3,(H,13,15)(H,14,16). The van der Waals surface area contributed by atoms with E-state index in [9.17, 15) is 9.59 Å². The molecule has 7 heteroatoms. The fraction of sp³-hybridized carbons (Fsp3) is 0.167. The van der Waals surface area contributed by atoms with Crippen molar-refractivity contribution in [3.8, 4) is 5.75 Å². The lowest BCUT2D eigenvalue weighted by atomic mass is 10.3. The minimum absolute atomic E-state index is 0.330. The SMILES string of the molecule is CCOc1ccsc1C(=O)NNC(=O)c1ccoc1. The van der Waals surface area contributed by atoms with Gasteiger partial charge in [0, 0.05) is 0 Å². The zero-order valence-electron chi connectivity index (χ0n) is 10.1. The van der Waals surface area contributed by atoms with Crippen molar-refractivity contribution in [1.82, 2.24) is 10.9 Å². The molecule has 0 saturated carbocycles. The third-order valence-electron chi connectivity index (χ3n) is 2.21. The van der Waals surface area contributed by atoms with Gasteiger partial charge < -0.3 is 9.15 Å². The molecule has 0 aromatic carbocycles. The Kier molecular flexibility index (Phi) is 4.19. The molecule has 0 saturated heterocycles. The molecule has 0 bridgehead atoms. The molecule has 2 N–H and O–H groups in total. The maximum atomic E-state index is 11.9. The molecule has 2 rings (SSSR count). The third kappa shape index (κ3) is 3.14. The van der Waals surface area contributed by atoms with E-state index < -0.39 is 11.8 Å². The first kappa shape index (κ1) is 13.2. The van der Waals surface area contributed by atoms with Crippen LogP contribution in [0.1, 0.15) is 27.0 Å². The average molecular weight is 280 g/mol. The Bertz CT molecular complexity index is 562. The summed E-state index contributed by atoms with van der Waals surface area (Å²) in [6.45, 7) is 2.30. The van der Waals surface area contributed by atoms with Crippen molar-refractivity contribution in [1.29, 1.82) is 0 Å². The number of rotatable bonds is 4. The van der Waals surface area contributed by atoms with Gasteiger partial charge in [-0.3, -0.25) is 20.4 Å². The van der Waals surface area contributed by atoms with Crippen molar-refractivity contribution in [3.63, 3.8) is 0 Å². The van der Waals surface area contributed by atoms with Gasteiger partial charge in [-0.25, -0.2) is 0 Å². The Hall–Kier alpha value is -2.28. The van der Waals surface area contributed by atoms with Crippen molar-refractivity contribution in [3.05, 3.63) is 40.5 Å². The quantitative estimate of drug-likeness (QED) is 0.837. The second-order valence-electron chi connectivity index (χ2n) is 3.47. The van der Waals surface area contributed by atoms with Crippen molar-refractivity contribution in [2.75, 3.05) is 6.61 Å². The summed E-state index contributed by atoms with van der Waals surface area (Å²) in [6.07, 6.45) is 2.67. The number of hydrazine groups is 1. The Labute approximate surface area is 113 Å². The fourth-order valence-electron chi connectivity index (χ4n) is 1.37. The molecule has 19 heavy (non-hydrogen) atoms. The molecule has 0 unspecified atom stereocenters. The maximum absolute atomic E-state index is 11.9. The van der Waals surface area contributed by atoms with Crippen LogP contribution in [0.25, 0.3) is 0 Å². The lowest BCUT2D eigenvalue weighted by Gasteiger charge is -2.07. The first-order chi connectivity index (χ1) is 9.22. The van der Waals surface area contributed by atoms with Crippen LogP contribution in [0.5, 0.6) is 5.75 Å². The molecule has 0 spiro atoms. The third-order valence-corrected chi connectivity index (χ3v) is 3.10. The molecule has 6 nitrogen and oxygen atoms in total. The average Bonchev–Trinajstić information content (AvgIpc) is 3.06. The molecule has 0 aliphatic heterocycles. The molecule has 2 aromatic rings. The van der Waals surface area contributed by atoms with Crippen molar-refractivity contribution >= 4 is 23.2 Å². The lowest BCUT2D eigenvalue weighted by molar-refractivity contribution is 0.0846. The summed E-state index contributed by atoms with van der Waals surface area (Å²) < 4.78 is 10.1. The minimum atomic E-state index is -0.448. The van der Waals surface area contributed by atoms with Crippen LogP contribution in [0.2, 0.25) is 0 Å². The molecule has 0 radical (unpaired) electrons. The summed E-state index contributed by atoms with van der Waals surface area (Å²) in [5, 5.41) is 1.75. The van der Waals surface area contributed by atoms with Gasteiger partial charge in [0.2, 0.25) is 0 Å². The van der Waals surface area contributed by atoms with Gasteiger partial charge in [-0.05, 0) is 24.4 Å². The Balaban J connectivity index is 1.94. The number of thiophene rings is 1.